The average molecular weight is 505 g/mol. The van der Waals surface area contributed by atoms with Crippen LogP contribution in [-0.2, 0) is 14.3 Å². The lowest BCUT2D eigenvalue weighted by Crippen LogP contribution is -2.50. The maximum absolute atomic E-state index is 13.5. The molecule has 2 amide bonds. The summed E-state index contributed by atoms with van der Waals surface area (Å²) in [5, 5.41) is 2.64. The van der Waals surface area contributed by atoms with Gasteiger partial charge in [-0.1, -0.05) is 36.4 Å². The highest BCUT2D eigenvalue weighted by Gasteiger charge is 2.36. The van der Waals surface area contributed by atoms with Gasteiger partial charge in [-0.05, 0) is 48.9 Å². The zero-order chi connectivity index (χ0) is 25.6. The van der Waals surface area contributed by atoms with Crippen LogP contribution in [0.25, 0.3) is 22.4 Å². The molecule has 0 unspecified atom stereocenters. The Morgan fingerprint density at radius 3 is 2.78 bits per heavy atom. The SMILES string of the molecule is COC(=O)N[C@H]1COCCCCOc2ccc(-c3ccccc3)cc2-c2cnc([nH]2)[C@@H]2CCCN2C1=O. The van der Waals surface area contributed by atoms with E-state index in [-0.39, 0.29) is 18.6 Å². The number of benzene rings is 2. The van der Waals surface area contributed by atoms with Crippen LogP contribution in [0.2, 0.25) is 0 Å². The van der Waals surface area contributed by atoms with Gasteiger partial charge in [-0.3, -0.25) is 4.79 Å². The number of imidazole rings is 1. The number of fused-ring (bicyclic) bond motifs is 6. The number of nitrogens with one attached hydrogen (secondary N) is 2. The normalized spacial score (nSPS) is 20.5. The predicted octanol–water partition coefficient (Wildman–Crippen LogP) is 4.32. The van der Waals surface area contributed by atoms with Crippen molar-refractivity contribution >= 4 is 12.0 Å². The van der Waals surface area contributed by atoms with Crippen LogP contribution in [0.4, 0.5) is 4.79 Å². The van der Waals surface area contributed by atoms with Crippen LogP contribution in [0.3, 0.4) is 0 Å². The van der Waals surface area contributed by atoms with Crippen LogP contribution in [0.5, 0.6) is 5.75 Å². The van der Waals surface area contributed by atoms with Crippen molar-refractivity contribution in [3.8, 4) is 28.1 Å². The number of rotatable bonds is 2. The molecule has 9 heteroatoms. The molecule has 1 saturated heterocycles. The van der Waals surface area contributed by atoms with Gasteiger partial charge in [0.1, 0.15) is 17.6 Å². The number of H-pyrrole nitrogens is 1. The van der Waals surface area contributed by atoms with Gasteiger partial charge in [0.25, 0.3) is 0 Å². The Morgan fingerprint density at radius 2 is 1.95 bits per heavy atom. The van der Waals surface area contributed by atoms with E-state index in [0.29, 0.717) is 25.6 Å². The lowest BCUT2D eigenvalue weighted by molar-refractivity contribution is -0.136. The van der Waals surface area contributed by atoms with Crippen molar-refractivity contribution in [2.24, 2.45) is 0 Å². The molecule has 37 heavy (non-hydrogen) atoms. The van der Waals surface area contributed by atoms with E-state index in [4.69, 9.17) is 14.2 Å². The van der Waals surface area contributed by atoms with Crippen LogP contribution < -0.4 is 10.1 Å². The Balaban J connectivity index is 1.49. The van der Waals surface area contributed by atoms with E-state index in [9.17, 15) is 9.59 Å². The monoisotopic (exact) mass is 504 g/mol. The van der Waals surface area contributed by atoms with Crippen LogP contribution in [-0.4, -0.2) is 66.4 Å². The largest absolute Gasteiger partial charge is 0.493 e. The zero-order valence-electron chi connectivity index (χ0n) is 20.9. The molecule has 2 aliphatic heterocycles. The van der Waals surface area contributed by atoms with Crippen LogP contribution in [0.15, 0.2) is 54.7 Å². The highest BCUT2D eigenvalue weighted by atomic mass is 16.5. The second-order valence-electron chi connectivity index (χ2n) is 9.27. The number of hydrogen-bond donors (Lipinski definition) is 2. The summed E-state index contributed by atoms with van der Waals surface area (Å²) < 4.78 is 16.7. The summed E-state index contributed by atoms with van der Waals surface area (Å²) in [5.74, 6) is 1.29. The molecule has 3 aromatic rings. The lowest BCUT2D eigenvalue weighted by atomic mass is 10.0. The first-order valence-corrected chi connectivity index (χ1v) is 12.7. The van der Waals surface area contributed by atoms with E-state index >= 15 is 0 Å². The minimum atomic E-state index is -0.833. The number of carbonyl (C=O) groups is 2. The summed E-state index contributed by atoms with van der Waals surface area (Å²) >= 11 is 0. The number of carbonyl (C=O) groups excluding carboxylic acids is 2. The van der Waals surface area contributed by atoms with Crippen molar-refractivity contribution in [3.63, 3.8) is 0 Å². The Hall–Kier alpha value is -3.85. The molecule has 2 N–H and O–H groups in total. The number of amides is 2. The number of alkyl carbamates (subject to hydrolysis) is 1. The molecule has 0 saturated carbocycles. The van der Waals surface area contributed by atoms with E-state index in [1.807, 2.05) is 24.3 Å². The molecule has 0 spiro atoms. The number of aromatic nitrogens is 2. The second-order valence-corrected chi connectivity index (χ2v) is 9.27. The Kier molecular flexibility index (Phi) is 7.70. The summed E-state index contributed by atoms with van der Waals surface area (Å²) in [6, 6.07) is 15.3. The maximum atomic E-state index is 13.5. The van der Waals surface area contributed by atoms with Gasteiger partial charge in [-0.25, -0.2) is 9.78 Å². The van der Waals surface area contributed by atoms with Crippen molar-refractivity contribution < 1.29 is 23.8 Å². The van der Waals surface area contributed by atoms with E-state index in [2.05, 4.69) is 39.6 Å². The summed E-state index contributed by atoms with van der Waals surface area (Å²) in [4.78, 5) is 35.3. The van der Waals surface area contributed by atoms with Gasteiger partial charge >= 0.3 is 6.09 Å². The van der Waals surface area contributed by atoms with Gasteiger partial charge in [0, 0.05) is 18.7 Å². The summed E-state index contributed by atoms with van der Waals surface area (Å²) in [7, 11) is 1.28. The summed E-state index contributed by atoms with van der Waals surface area (Å²) in [6.45, 7) is 1.64. The fraction of sp³-hybridized carbons (Fsp3) is 0.393. The van der Waals surface area contributed by atoms with Crippen molar-refractivity contribution in [2.45, 2.75) is 37.8 Å². The Morgan fingerprint density at radius 1 is 1.11 bits per heavy atom. The number of methoxy groups -OCH3 is 1. The van der Waals surface area contributed by atoms with Gasteiger partial charge in [-0.15, -0.1) is 0 Å². The third-order valence-corrected chi connectivity index (χ3v) is 6.82. The highest BCUT2D eigenvalue weighted by molar-refractivity contribution is 5.86. The molecule has 194 valence electrons. The minimum absolute atomic E-state index is 0.0759. The van der Waals surface area contributed by atoms with Gasteiger partial charge in [0.2, 0.25) is 5.91 Å². The molecule has 2 aromatic carbocycles. The molecule has 2 bridgehead atoms. The average Bonchev–Trinajstić information content (AvgIpc) is 3.61. The first-order chi connectivity index (χ1) is 18.1. The minimum Gasteiger partial charge on any atom is -0.493 e. The lowest BCUT2D eigenvalue weighted by Gasteiger charge is -2.28. The van der Waals surface area contributed by atoms with E-state index in [1.165, 1.54) is 7.11 Å². The van der Waals surface area contributed by atoms with Gasteiger partial charge in [0.05, 0.1) is 38.3 Å². The third-order valence-electron chi connectivity index (χ3n) is 6.82. The van der Waals surface area contributed by atoms with Crippen LogP contribution >= 0.6 is 0 Å². The number of hydrogen-bond acceptors (Lipinski definition) is 6. The van der Waals surface area contributed by atoms with E-state index in [0.717, 1.165) is 53.8 Å². The molecular weight excluding hydrogens is 472 g/mol. The van der Waals surface area contributed by atoms with E-state index < -0.39 is 12.1 Å². The van der Waals surface area contributed by atoms with Crippen molar-refractivity contribution in [1.82, 2.24) is 20.2 Å². The third kappa shape index (κ3) is 5.61. The van der Waals surface area contributed by atoms with Crippen molar-refractivity contribution in [1.29, 1.82) is 0 Å². The Labute approximate surface area is 216 Å². The second kappa shape index (κ2) is 11.5. The molecular formula is C28H32N4O5. The number of nitrogens with zero attached hydrogens (tertiary/aromatic N) is 2. The smallest absolute Gasteiger partial charge is 0.407 e. The molecule has 2 atom stereocenters. The Bertz CT molecular complexity index is 1230. The highest BCUT2D eigenvalue weighted by Crippen LogP contribution is 2.36. The predicted molar refractivity (Wildman–Crippen MR) is 138 cm³/mol. The molecule has 2 aliphatic rings. The number of aromatic amines is 1. The molecule has 5 rings (SSSR count). The first-order valence-electron chi connectivity index (χ1n) is 12.7. The maximum Gasteiger partial charge on any atom is 0.407 e. The van der Waals surface area contributed by atoms with Gasteiger partial charge in [-0.2, -0.15) is 0 Å². The molecule has 1 aromatic heterocycles. The first kappa shape index (κ1) is 24.8. The van der Waals surface area contributed by atoms with E-state index in [1.54, 1.807) is 11.1 Å². The molecule has 0 aliphatic carbocycles. The van der Waals surface area contributed by atoms with Gasteiger partial charge < -0.3 is 29.4 Å². The fourth-order valence-electron chi connectivity index (χ4n) is 4.90. The van der Waals surface area contributed by atoms with Crippen molar-refractivity contribution in [3.05, 3.63) is 60.6 Å². The number of ether oxygens (including phenoxy) is 3. The fourth-order valence-corrected chi connectivity index (χ4v) is 4.90. The van der Waals surface area contributed by atoms with Crippen molar-refractivity contribution in [2.75, 3.05) is 33.5 Å². The molecule has 3 heterocycles. The molecule has 9 nitrogen and oxygen atoms in total. The zero-order valence-corrected chi connectivity index (χ0v) is 20.9. The molecule has 1 fully saturated rings. The van der Waals surface area contributed by atoms with Crippen LogP contribution in [0, 0.1) is 0 Å². The van der Waals surface area contributed by atoms with Gasteiger partial charge in [0.15, 0.2) is 0 Å². The summed E-state index contributed by atoms with van der Waals surface area (Å²) in [6.07, 6.45) is 4.31. The standard InChI is InChI=1S/C28H32N4O5/c1-35-28(34)31-23-18-36-14-5-6-15-37-25-12-11-20(19-8-3-2-4-9-19)16-21(25)22-17-29-26(30-22)24-10-7-13-32(24)27(23)33/h2-4,8-9,11-12,16-17,23-24H,5-7,10,13-15,18H2,1H3,(H,29,30)(H,31,34)/t23-,24-/m0/s1. The molecule has 0 radical (unpaired) electrons. The quantitative estimate of drug-likeness (QED) is 0.539. The summed E-state index contributed by atoms with van der Waals surface area (Å²) in [5.41, 5.74) is 3.95. The topological polar surface area (TPSA) is 106 Å². The van der Waals surface area contributed by atoms with Crippen LogP contribution in [0.1, 0.15) is 37.5 Å².